The first-order chi connectivity index (χ1) is 11.5. The fourth-order valence-corrected chi connectivity index (χ4v) is 2.80. The Morgan fingerprint density at radius 3 is 2.42 bits per heavy atom. The van der Waals surface area contributed by atoms with Crippen molar-refractivity contribution in [1.29, 1.82) is 0 Å². The summed E-state index contributed by atoms with van der Waals surface area (Å²) in [7, 11) is 0. The monoisotopic (exact) mass is 342 g/mol. The van der Waals surface area contributed by atoms with Crippen LogP contribution < -0.4 is 10.6 Å². The van der Waals surface area contributed by atoms with Crippen molar-refractivity contribution in [2.24, 2.45) is 0 Å². The molecule has 0 bridgehead atoms. The summed E-state index contributed by atoms with van der Waals surface area (Å²) < 4.78 is 0. The van der Waals surface area contributed by atoms with Crippen LogP contribution in [0.2, 0.25) is 0 Å². The zero-order valence-corrected chi connectivity index (χ0v) is 14.9. The van der Waals surface area contributed by atoms with Crippen molar-refractivity contribution < 1.29 is 9.59 Å². The van der Waals surface area contributed by atoms with E-state index in [4.69, 9.17) is 0 Å². The van der Waals surface area contributed by atoms with Crippen molar-refractivity contribution >= 4 is 35.0 Å². The first-order valence-corrected chi connectivity index (χ1v) is 8.86. The molecule has 2 aromatic carbocycles. The molecule has 0 unspecified atom stereocenters. The van der Waals surface area contributed by atoms with Crippen LogP contribution in [0.15, 0.2) is 48.5 Å². The smallest absolute Gasteiger partial charge is 0.237 e. The summed E-state index contributed by atoms with van der Waals surface area (Å²) in [5.41, 5.74) is 3.77. The molecular formula is C19H22N2O2S. The highest BCUT2D eigenvalue weighted by Crippen LogP contribution is 2.20. The molecule has 24 heavy (non-hydrogen) atoms. The number of rotatable bonds is 6. The molecule has 2 N–H and O–H groups in total. The summed E-state index contributed by atoms with van der Waals surface area (Å²) >= 11 is 1.32. The number of amides is 2. The number of aryl methyl sites for hydroxylation is 1. The van der Waals surface area contributed by atoms with Crippen LogP contribution in [0, 0.1) is 13.8 Å². The summed E-state index contributed by atoms with van der Waals surface area (Å²) in [5.74, 6) is 0.0230. The van der Waals surface area contributed by atoms with E-state index in [2.05, 4.69) is 10.6 Å². The Bertz CT molecular complexity index is 717. The van der Waals surface area contributed by atoms with Crippen LogP contribution in [0.5, 0.6) is 0 Å². The van der Waals surface area contributed by atoms with E-state index in [1.54, 1.807) is 6.92 Å². The Morgan fingerprint density at radius 1 is 1.00 bits per heavy atom. The topological polar surface area (TPSA) is 58.2 Å². The Labute approximate surface area is 147 Å². The lowest BCUT2D eigenvalue weighted by molar-refractivity contribution is -0.115. The molecule has 0 saturated heterocycles. The SMILES string of the molecule is Cc1cccc(NC(=O)[C@H](C)SCC(=O)Nc2ccccc2)c1C. The minimum atomic E-state index is -0.313. The predicted octanol–water partition coefficient (Wildman–Crippen LogP) is 4.00. The maximum absolute atomic E-state index is 12.3. The summed E-state index contributed by atoms with van der Waals surface area (Å²) in [6, 6.07) is 15.1. The molecule has 0 fully saturated rings. The van der Waals surface area contributed by atoms with Gasteiger partial charge in [-0.1, -0.05) is 30.3 Å². The van der Waals surface area contributed by atoms with Crippen LogP contribution in [0.4, 0.5) is 11.4 Å². The van der Waals surface area contributed by atoms with Crippen LogP contribution in [0.1, 0.15) is 18.1 Å². The second-order valence-electron chi connectivity index (χ2n) is 5.60. The van der Waals surface area contributed by atoms with Crippen molar-refractivity contribution in [3.8, 4) is 0 Å². The lowest BCUT2D eigenvalue weighted by Crippen LogP contribution is -2.25. The average molecular weight is 342 g/mol. The largest absolute Gasteiger partial charge is 0.325 e. The van der Waals surface area contributed by atoms with E-state index in [1.807, 2.05) is 62.4 Å². The van der Waals surface area contributed by atoms with E-state index in [1.165, 1.54) is 11.8 Å². The number of benzene rings is 2. The van der Waals surface area contributed by atoms with Gasteiger partial charge in [0.15, 0.2) is 0 Å². The molecule has 0 spiro atoms. The number of para-hydroxylation sites is 1. The van der Waals surface area contributed by atoms with Crippen LogP contribution in [-0.4, -0.2) is 22.8 Å². The summed E-state index contributed by atoms with van der Waals surface area (Å²) in [6.07, 6.45) is 0. The van der Waals surface area contributed by atoms with Gasteiger partial charge in [0.1, 0.15) is 0 Å². The van der Waals surface area contributed by atoms with Crippen molar-refractivity contribution in [1.82, 2.24) is 0 Å². The number of hydrogen-bond acceptors (Lipinski definition) is 3. The maximum atomic E-state index is 12.3. The molecule has 0 heterocycles. The van der Waals surface area contributed by atoms with E-state index in [-0.39, 0.29) is 22.8 Å². The minimum absolute atomic E-state index is 0.0961. The van der Waals surface area contributed by atoms with Gasteiger partial charge >= 0.3 is 0 Å². The molecule has 4 nitrogen and oxygen atoms in total. The van der Waals surface area contributed by atoms with Crippen LogP contribution >= 0.6 is 11.8 Å². The lowest BCUT2D eigenvalue weighted by Gasteiger charge is -2.14. The average Bonchev–Trinajstić information content (AvgIpc) is 2.57. The highest BCUT2D eigenvalue weighted by Gasteiger charge is 2.16. The molecule has 126 valence electrons. The van der Waals surface area contributed by atoms with Crippen LogP contribution in [0.3, 0.4) is 0 Å². The van der Waals surface area contributed by atoms with E-state index in [0.717, 1.165) is 22.5 Å². The fraction of sp³-hybridized carbons (Fsp3) is 0.263. The van der Waals surface area contributed by atoms with E-state index >= 15 is 0 Å². The maximum Gasteiger partial charge on any atom is 0.237 e. The van der Waals surface area contributed by atoms with E-state index in [9.17, 15) is 9.59 Å². The number of nitrogens with one attached hydrogen (secondary N) is 2. The third-order valence-electron chi connectivity index (χ3n) is 3.75. The fourth-order valence-electron chi connectivity index (χ4n) is 2.12. The van der Waals surface area contributed by atoms with E-state index in [0.29, 0.717) is 0 Å². The Kier molecular flexibility index (Phi) is 6.44. The lowest BCUT2D eigenvalue weighted by atomic mass is 10.1. The summed E-state index contributed by atoms with van der Waals surface area (Å²) in [5, 5.41) is 5.43. The van der Waals surface area contributed by atoms with Crippen molar-refractivity contribution in [3.05, 3.63) is 59.7 Å². The molecule has 2 rings (SSSR count). The van der Waals surface area contributed by atoms with Gasteiger partial charge in [-0.2, -0.15) is 0 Å². The van der Waals surface area contributed by atoms with E-state index < -0.39 is 0 Å². The molecule has 0 aliphatic rings. The molecule has 0 aliphatic heterocycles. The Morgan fingerprint density at radius 2 is 1.71 bits per heavy atom. The molecule has 0 radical (unpaired) electrons. The molecule has 0 aliphatic carbocycles. The van der Waals surface area contributed by atoms with Gasteiger partial charge in [0.2, 0.25) is 11.8 Å². The molecule has 2 amide bonds. The predicted molar refractivity (Wildman–Crippen MR) is 102 cm³/mol. The molecule has 2 aromatic rings. The molecule has 0 aromatic heterocycles. The second-order valence-corrected chi connectivity index (χ2v) is 6.93. The number of thioether (sulfide) groups is 1. The van der Waals surface area contributed by atoms with Crippen molar-refractivity contribution in [2.45, 2.75) is 26.0 Å². The van der Waals surface area contributed by atoms with Crippen molar-refractivity contribution in [3.63, 3.8) is 0 Å². The quantitative estimate of drug-likeness (QED) is 0.834. The first-order valence-electron chi connectivity index (χ1n) is 7.81. The summed E-state index contributed by atoms with van der Waals surface area (Å²) in [4.78, 5) is 24.2. The number of carbonyl (C=O) groups excluding carboxylic acids is 2. The zero-order valence-electron chi connectivity index (χ0n) is 14.1. The third kappa shape index (κ3) is 5.13. The Hall–Kier alpha value is -2.27. The number of carbonyl (C=O) groups is 2. The van der Waals surface area contributed by atoms with Gasteiger partial charge in [-0.3, -0.25) is 9.59 Å². The molecule has 5 heteroatoms. The highest BCUT2D eigenvalue weighted by molar-refractivity contribution is 8.01. The van der Waals surface area contributed by atoms with Gasteiger partial charge in [-0.25, -0.2) is 0 Å². The second kappa shape index (κ2) is 8.55. The van der Waals surface area contributed by atoms with Gasteiger partial charge in [0.25, 0.3) is 0 Å². The highest BCUT2D eigenvalue weighted by atomic mass is 32.2. The number of hydrogen-bond donors (Lipinski definition) is 2. The Balaban J connectivity index is 1.83. The number of anilines is 2. The molecular weight excluding hydrogens is 320 g/mol. The molecule has 0 saturated carbocycles. The third-order valence-corrected chi connectivity index (χ3v) is 4.90. The molecule has 1 atom stereocenters. The van der Waals surface area contributed by atoms with Crippen LogP contribution in [0.25, 0.3) is 0 Å². The normalized spacial score (nSPS) is 11.6. The van der Waals surface area contributed by atoms with Gasteiger partial charge < -0.3 is 10.6 Å². The van der Waals surface area contributed by atoms with Gasteiger partial charge in [0.05, 0.1) is 11.0 Å². The summed E-state index contributed by atoms with van der Waals surface area (Å²) in [6.45, 7) is 5.80. The zero-order chi connectivity index (χ0) is 17.5. The van der Waals surface area contributed by atoms with Crippen molar-refractivity contribution in [2.75, 3.05) is 16.4 Å². The first kappa shape index (κ1) is 18.1. The van der Waals surface area contributed by atoms with Gasteiger partial charge in [-0.05, 0) is 50.1 Å². The minimum Gasteiger partial charge on any atom is -0.325 e. The van der Waals surface area contributed by atoms with Crippen LogP contribution in [-0.2, 0) is 9.59 Å². The van der Waals surface area contributed by atoms with Gasteiger partial charge in [-0.15, -0.1) is 11.8 Å². The van der Waals surface area contributed by atoms with Gasteiger partial charge in [0, 0.05) is 11.4 Å². The standard InChI is InChI=1S/C19H22N2O2S/c1-13-8-7-11-17(14(13)2)21-19(23)15(3)24-12-18(22)20-16-9-5-4-6-10-16/h4-11,15H,12H2,1-3H3,(H,20,22)(H,21,23)/t15-/m0/s1.